The second kappa shape index (κ2) is 7.16. The summed E-state index contributed by atoms with van der Waals surface area (Å²) < 4.78 is 2.21. The summed E-state index contributed by atoms with van der Waals surface area (Å²) in [4.78, 5) is 7.14. The van der Waals surface area contributed by atoms with Crippen molar-refractivity contribution < 1.29 is 4.57 Å². The first kappa shape index (κ1) is 18.2. The van der Waals surface area contributed by atoms with Crippen LogP contribution in [0.3, 0.4) is 0 Å². The van der Waals surface area contributed by atoms with Gasteiger partial charge in [0, 0.05) is 0 Å². The Kier molecular flexibility index (Phi) is 5.42. The van der Waals surface area contributed by atoms with E-state index in [-0.39, 0.29) is 7.12 Å². The maximum Gasteiger partial charge on any atom is 0.634 e. The SMILES string of the molecule is CC.CC.Cc1cccc2c1N1B(N2C)N(C)c2ccc[n+](C)c21. The summed E-state index contributed by atoms with van der Waals surface area (Å²) in [6.07, 6.45) is 2.12. The number of benzene rings is 1. The molecule has 0 saturated heterocycles. The fourth-order valence-corrected chi connectivity index (χ4v) is 3.59. The molecule has 0 radical (unpaired) electrons. The van der Waals surface area contributed by atoms with Crippen molar-refractivity contribution in [3.63, 3.8) is 0 Å². The zero-order chi connectivity index (χ0) is 18.0. The van der Waals surface area contributed by atoms with E-state index in [4.69, 9.17) is 0 Å². The summed E-state index contributed by atoms with van der Waals surface area (Å²) in [6.45, 7) is 10.2. The Hall–Kier alpha value is -2.17. The second-order valence-electron chi connectivity index (χ2n) is 5.71. The van der Waals surface area contributed by atoms with Gasteiger partial charge in [0.25, 0.3) is 5.82 Å². The molecule has 2 aromatic rings. The Bertz CT molecular complexity index is 657. The van der Waals surface area contributed by atoms with Crippen molar-refractivity contribution >= 4 is 30.0 Å². The number of anilines is 4. The number of para-hydroxylation sites is 1. The number of pyridine rings is 1. The summed E-state index contributed by atoms with van der Waals surface area (Å²) >= 11 is 0. The van der Waals surface area contributed by atoms with E-state index in [9.17, 15) is 0 Å². The van der Waals surface area contributed by atoms with E-state index in [1.54, 1.807) is 0 Å². The molecule has 4 nitrogen and oxygen atoms in total. The molecule has 0 amide bonds. The Morgan fingerprint density at radius 1 is 0.875 bits per heavy atom. The first-order valence-electron chi connectivity index (χ1n) is 8.94. The van der Waals surface area contributed by atoms with Crippen LogP contribution in [0.4, 0.5) is 22.9 Å². The van der Waals surface area contributed by atoms with Crippen LogP contribution in [-0.2, 0) is 7.05 Å². The van der Waals surface area contributed by atoms with Gasteiger partial charge in [-0.05, 0) is 44.8 Å². The van der Waals surface area contributed by atoms with Gasteiger partial charge in [-0.25, -0.2) is 9.38 Å². The van der Waals surface area contributed by atoms with Crippen LogP contribution < -0.4 is 19.0 Å². The normalized spacial score (nSPS) is 13.5. The first-order valence-corrected chi connectivity index (χ1v) is 8.94. The predicted molar refractivity (Wildman–Crippen MR) is 106 cm³/mol. The Morgan fingerprint density at radius 3 is 2.12 bits per heavy atom. The zero-order valence-corrected chi connectivity index (χ0v) is 16.3. The molecule has 2 aliphatic rings. The number of rotatable bonds is 0. The number of hydrogen-bond donors (Lipinski definition) is 0. The van der Waals surface area contributed by atoms with Gasteiger partial charge in [-0.1, -0.05) is 39.8 Å². The molecule has 0 fully saturated rings. The molecule has 0 unspecified atom stereocenters. The molecule has 0 spiro atoms. The molecule has 1 aromatic carbocycles. The topological polar surface area (TPSA) is 13.6 Å². The molecule has 24 heavy (non-hydrogen) atoms. The van der Waals surface area contributed by atoms with Gasteiger partial charge in [0.15, 0.2) is 0 Å². The van der Waals surface area contributed by atoms with Crippen molar-refractivity contribution in [3.05, 3.63) is 42.1 Å². The first-order chi connectivity index (χ1) is 11.6. The summed E-state index contributed by atoms with van der Waals surface area (Å²) in [7, 11) is 6.69. The molecule has 0 N–H and O–H groups in total. The number of hydrogen-bond acceptors (Lipinski definition) is 3. The maximum atomic E-state index is 2.44. The molecule has 0 aliphatic carbocycles. The second-order valence-corrected chi connectivity index (χ2v) is 5.71. The highest BCUT2D eigenvalue weighted by atomic mass is 15.5. The summed E-state index contributed by atoms with van der Waals surface area (Å²) in [5.41, 5.74) is 5.23. The number of aromatic nitrogens is 1. The van der Waals surface area contributed by atoms with Crippen molar-refractivity contribution in [3.8, 4) is 0 Å². The minimum atomic E-state index is 0.231. The molecule has 0 atom stereocenters. The third-order valence-corrected chi connectivity index (χ3v) is 4.50. The molecule has 5 heteroatoms. The van der Waals surface area contributed by atoms with Gasteiger partial charge < -0.3 is 9.62 Å². The fourth-order valence-electron chi connectivity index (χ4n) is 3.59. The smallest absolute Gasteiger partial charge is 0.353 e. The van der Waals surface area contributed by atoms with Gasteiger partial charge in [-0.3, -0.25) is 0 Å². The fraction of sp³-hybridized carbons (Fsp3) is 0.421. The van der Waals surface area contributed by atoms with E-state index >= 15 is 0 Å². The van der Waals surface area contributed by atoms with Gasteiger partial charge in [-0.2, -0.15) is 0 Å². The largest absolute Gasteiger partial charge is 0.634 e. The van der Waals surface area contributed by atoms with Crippen molar-refractivity contribution in [2.75, 3.05) is 28.5 Å². The lowest BCUT2D eigenvalue weighted by molar-refractivity contribution is -0.657. The zero-order valence-electron chi connectivity index (χ0n) is 16.3. The predicted octanol–water partition coefficient (Wildman–Crippen LogP) is 3.89. The summed E-state index contributed by atoms with van der Waals surface area (Å²) in [5, 5.41) is 0. The van der Waals surface area contributed by atoms with E-state index in [1.807, 2.05) is 27.7 Å². The minimum Gasteiger partial charge on any atom is -0.353 e. The van der Waals surface area contributed by atoms with Crippen molar-refractivity contribution in [2.45, 2.75) is 34.6 Å². The lowest BCUT2D eigenvalue weighted by Crippen LogP contribution is -2.53. The molecule has 1 aromatic heterocycles. The third kappa shape index (κ3) is 2.43. The Balaban J connectivity index is 0.000000487. The maximum absolute atomic E-state index is 2.44. The number of aryl methyl sites for hydroxylation is 2. The van der Waals surface area contributed by atoms with E-state index in [2.05, 4.69) is 83.6 Å². The van der Waals surface area contributed by atoms with E-state index in [1.165, 1.54) is 28.4 Å². The van der Waals surface area contributed by atoms with Gasteiger partial charge in [-0.15, -0.1) is 0 Å². The Labute approximate surface area is 147 Å². The van der Waals surface area contributed by atoms with Crippen LogP contribution in [0.1, 0.15) is 33.3 Å². The van der Waals surface area contributed by atoms with Gasteiger partial charge >= 0.3 is 7.12 Å². The molecule has 0 bridgehead atoms. The van der Waals surface area contributed by atoms with E-state index < -0.39 is 0 Å². The van der Waals surface area contributed by atoms with Crippen LogP contribution in [0.15, 0.2) is 36.5 Å². The molecule has 3 heterocycles. The molecular formula is C19H30BN4+. The lowest BCUT2D eigenvalue weighted by Gasteiger charge is -2.19. The quantitative estimate of drug-likeness (QED) is 0.539. The standard InChI is InChI=1S/C15H18BN4.2C2H6/c1-11-7-5-8-12-14(11)20-15-13(9-6-10-17(15)2)19(4)16(20)18(12)3;2*1-2/h5-10H,1-4H3;2*1-2H3/q+1;;. The van der Waals surface area contributed by atoms with Crippen LogP contribution in [-0.4, -0.2) is 21.2 Å². The average Bonchev–Trinajstić information content (AvgIpc) is 3.07. The number of nitrogens with zero attached hydrogens (tertiary/aromatic N) is 4. The van der Waals surface area contributed by atoms with Gasteiger partial charge in [0.05, 0.1) is 18.9 Å². The molecule has 4 rings (SSSR count). The highest BCUT2D eigenvalue weighted by Crippen LogP contribution is 2.49. The van der Waals surface area contributed by atoms with Crippen LogP contribution in [0.2, 0.25) is 0 Å². The van der Waals surface area contributed by atoms with Crippen molar-refractivity contribution in [2.24, 2.45) is 7.05 Å². The summed E-state index contributed by atoms with van der Waals surface area (Å²) in [6, 6.07) is 10.8. The molecular weight excluding hydrogens is 295 g/mol. The highest BCUT2D eigenvalue weighted by molar-refractivity contribution is 6.77. The van der Waals surface area contributed by atoms with E-state index in [0.29, 0.717) is 0 Å². The molecule has 128 valence electrons. The lowest BCUT2D eigenvalue weighted by atomic mass is 9.90. The van der Waals surface area contributed by atoms with Crippen molar-refractivity contribution in [1.29, 1.82) is 0 Å². The van der Waals surface area contributed by atoms with Crippen LogP contribution in [0.5, 0.6) is 0 Å². The third-order valence-electron chi connectivity index (χ3n) is 4.50. The highest BCUT2D eigenvalue weighted by Gasteiger charge is 2.58. The van der Waals surface area contributed by atoms with Crippen LogP contribution in [0, 0.1) is 6.92 Å². The molecule has 2 aliphatic heterocycles. The van der Waals surface area contributed by atoms with E-state index in [0.717, 1.165) is 0 Å². The van der Waals surface area contributed by atoms with Crippen molar-refractivity contribution in [1.82, 2.24) is 0 Å². The van der Waals surface area contributed by atoms with Crippen LogP contribution in [0.25, 0.3) is 0 Å². The van der Waals surface area contributed by atoms with Gasteiger partial charge in [0.2, 0.25) is 0 Å². The molecule has 0 saturated carbocycles. The average molecular weight is 325 g/mol. The summed E-state index contributed by atoms with van der Waals surface area (Å²) in [5.74, 6) is 1.26. The van der Waals surface area contributed by atoms with Crippen LogP contribution >= 0.6 is 0 Å². The number of fused-ring (bicyclic) bond motifs is 5. The van der Waals surface area contributed by atoms with Gasteiger partial charge in [0.1, 0.15) is 11.4 Å². The Morgan fingerprint density at radius 2 is 1.46 bits per heavy atom. The minimum absolute atomic E-state index is 0.231. The monoisotopic (exact) mass is 325 g/mol.